The fraction of sp³-hybridized carbons (Fsp3) is 0.188. The lowest BCUT2D eigenvalue weighted by atomic mass is 10.1. The SMILES string of the molecule is CC(C)/C(=C/I)Nc1c(-c2c(F)cc(F)cc2F)c(Cl)nc2ncnn12. The fourth-order valence-corrected chi connectivity index (χ4v) is 3.50. The molecule has 0 aliphatic heterocycles. The highest BCUT2D eigenvalue weighted by molar-refractivity contribution is 14.1. The number of hydrogen-bond donors (Lipinski definition) is 1. The molecule has 10 heteroatoms. The van der Waals surface area contributed by atoms with E-state index in [4.69, 9.17) is 11.6 Å². The van der Waals surface area contributed by atoms with Gasteiger partial charge in [0.15, 0.2) is 0 Å². The zero-order chi connectivity index (χ0) is 19.0. The van der Waals surface area contributed by atoms with Gasteiger partial charge in [0.2, 0.25) is 0 Å². The molecule has 0 amide bonds. The van der Waals surface area contributed by atoms with Crippen LogP contribution >= 0.6 is 34.2 Å². The normalized spacial score (nSPS) is 12.2. The van der Waals surface area contributed by atoms with Crippen molar-refractivity contribution >= 4 is 45.8 Å². The predicted molar refractivity (Wildman–Crippen MR) is 102 cm³/mol. The van der Waals surface area contributed by atoms with Gasteiger partial charge in [0.25, 0.3) is 5.78 Å². The highest BCUT2D eigenvalue weighted by atomic mass is 127. The maximum absolute atomic E-state index is 14.4. The van der Waals surface area contributed by atoms with Crippen LogP contribution in [0.25, 0.3) is 16.9 Å². The minimum Gasteiger partial charge on any atom is -0.342 e. The second-order valence-corrected chi connectivity index (χ2v) is 6.67. The lowest BCUT2D eigenvalue weighted by Gasteiger charge is -2.19. The van der Waals surface area contributed by atoms with Crippen molar-refractivity contribution in [1.82, 2.24) is 19.6 Å². The van der Waals surface area contributed by atoms with E-state index in [1.54, 1.807) is 4.08 Å². The maximum Gasteiger partial charge on any atom is 0.255 e. The van der Waals surface area contributed by atoms with Crippen molar-refractivity contribution in [2.24, 2.45) is 5.92 Å². The quantitative estimate of drug-likeness (QED) is 0.401. The molecule has 0 fully saturated rings. The van der Waals surface area contributed by atoms with Gasteiger partial charge in [-0.05, 0) is 10.0 Å². The van der Waals surface area contributed by atoms with Gasteiger partial charge < -0.3 is 5.32 Å². The molecule has 0 saturated heterocycles. The van der Waals surface area contributed by atoms with Crippen LogP contribution in [0.1, 0.15) is 13.8 Å². The Morgan fingerprint density at radius 3 is 2.46 bits per heavy atom. The van der Waals surface area contributed by atoms with E-state index in [2.05, 4.69) is 43.0 Å². The molecular formula is C16H12ClF3IN5. The first-order chi connectivity index (χ1) is 12.3. The van der Waals surface area contributed by atoms with Crippen molar-refractivity contribution in [3.8, 4) is 11.1 Å². The lowest BCUT2D eigenvalue weighted by molar-refractivity contribution is 0.548. The zero-order valence-electron chi connectivity index (χ0n) is 13.6. The third kappa shape index (κ3) is 3.37. The molecule has 0 aliphatic carbocycles. The van der Waals surface area contributed by atoms with Crippen LogP contribution in [0.3, 0.4) is 0 Å². The van der Waals surface area contributed by atoms with E-state index in [0.29, 0.717) is 12.1 Å². The third-order valence-corrected chi connectivity index (χ3v) is 4.59. The molecule has 1 N–H and O–H groups in total. The molecule has 0 saturated carbocycles. The molecular weight excluding hydrogens is 482 g/mol. The molecule has 0 bridgehead atoms. The minimum atomic E-state index is -1.10. The summed E-state index contributed by atoms with van der Waals surface area (Å²) in [6.45, 7) is 3.88. The second-order valence-electron chi connectivity index (χ2n) is 5.69. The molecule has 26 heavy (non-hydrogen) atoms. The first-order valence-electron chi connectivity index (χ1n) is 7.45. The first kappa shape index (κ1) is 18.9. The monoisotopic (exact) mass is 493 g/mol. The Hall–Kier alpha value is -1.88. The van der Waals surface area contributed by atoms with Crippen LogP contribution < -0.4 is 5.32 Å². The van der Waals surface area contributed by atoms with Crippen molar-refractivity contribution in [3.63, 3.8) is 0 Å². The van der Waals surface area contributed by atoms with Crippen molar-refractivity contribution in [1.29, 1.82) is 0 Å². The summed E-state index contributed by atoms with van der Waals surface area (Å²) < 4.78 is 45.2. The van der Waals surface area contributed by atoms with Gasteiger partial charge >= 0.3 is 0 Å². The maximum atomic E-state index is 14.4. The number of halogens is 5. The van der Waals surface area contributed by atoms with Crippen LogP contribution in [0.2, 0.25) is 5.15 Å². The van der Waals surface area contributed by atoms with Gasteiger partial charge in [-0.1, -0.05) is 48.0 Å². The molecule has 0 aliphatic rings. The van der Waals surface area contributed by atoms with E-state index in [9.17, 15) is 13.2 Å². The van der Waals surface area contributed by atoms with E-state index < -0.39 is 23.0 Å². The summed E-state index contributed by atoms with van der Waals surface area (Å²) in [4.78, 5) is 7.98. The summed E-state index contributed by atoms with van der Waals surface area (Å²) >= 11 is 8.26. The van der Waals surface area contributed by atoms with Crippen LogP contribution in [0, 0.1) is 23.4 Å². The number of allylic oxidation sites excluding steroid dienone is 1. The number of nitrogens with one attached hydrogen (secondary N) is 1. The summed E-state index contributed by atoms with van der Waals surface area (Å²) in [6.07, 6.45) is 1.24. The van der Waals surface area contributed by atoms with E-state index in [-0.39, 0.29) is 28.2 Å². The van der Waals surface area contributed by atoms with E-state index in [1.807, 2.05) is 13.8 Å². The highest BCUT2D eigenvalue weighted by Crippen LogP contribution is 2.38. The predicted octanol–water partition coefficient (Wildman–Crippen LogP) is 5.21. The van der Waals surface area contributed by atoms with E-state index in [1.165, 1.54) is 10.8 Å². The Kier molecular flexibility index (Phi) is 5.37. The lowest BCUT2D eigenvalue weighted by Crippen LogP contribution is -2.12. The molecule has 2 aromatic heterocycles. The first-order valence-corrected chi connectivity index (χ1v) is 9.07. The average molecular weight is 494 g/mol. The number of fused-ring (bicyclic) bond motifs is 1. The summed E-state index contributed by atoms with van der Waals surface area (Å²) in [5, 5.41) is 6.95. The number of hydrogen-bond acceptors (Lipinski definition) is 4. The minimum absolute atomic E-state index is 0.0731. The number of nitrogens with zero attached hydrogens (tertiary/aromatic N) is 4. The molecule has 0 spiro atoms. The van der Waals surface area contributed by atoms with Crippen molar-refractivity contribution in [3.05, 3.63) is 50.8 Å². The summed E-state index contributed by atoms with van der Waals surface area (Å²) in [6, 6.07) is 1.17. The zero-order valence-corrected chi connectivity index (χ0v) is 16.5. The van der Waals surface area contributed by atoms with Gasteiger partial charge in [0.1, 0.15) is 34.7 Å². The van der Waals surface area contributed by atoms with Crippen molar-refractivity contribution < 1.29 is 13.2 Å². The average Bonchev–Trinajstić information content (AvgIpc) is 3.00. The molecule has 0 unspecified atom stereocenters. The molecule has 0 atom stereocenters. The summed E-state index contributed by atoms with van der Waals surface area (Å²) in [7, 11) is 0. The number of rotatable bonds is 4. The van der Waals surface area contributed by atoms with Crippen LogP contribution in [-0.2, 0) is 0 Å². The van der Waals surface area contributed by atoms with Crippen molar-refractivity contribution in [2.75, 3.05) is 5.32 Å². The Balaban J connectivity index is 2.35. The topological polar surface area (TPSA) is 55.1 Å². The molecule has 1 aromatic carbocycles. The van der Waals surface area contributed by atoms with Crippen LogP contribution in [0.4, 0.5) is 19.0 Å². The van der Waals surface area contributed by atoms with Crippen LogP contribution in [0.5, 0.6) is 0 Å². The van der Waals surface area contributed by atoms with Gasteiger partial charge in [-0.2, -0.15) is 19.6 Å². The fourth-order valence-electron chi connectivity index (χ4n) is 2.37. The van der Waals surface area contributed by atoms with Gasteiger partial charge in [0, 0.05) is 17.8 Å². The smallest absolute Gasteiger partial charge is 0.255 e. The van der Waals surface area contributed by atoms with Crippen molar-refractivity contribution in [2.45, 2.75) is 13.8 Å². The Morgan fingerprint density at radius 1 is 1.23 bits per heavy atom. The largest absolute Gasteiger partial charge is 0.342 e. The highest BCUT2D eigenvalue weighted by Gasteiger charge is 2.25. The van der Waals surface area contributed by atoms with Gasteiger partial charge in [-0.15, -0.1) is 0 Å². The van der Waals surface area contributed by atoms with Gasteiger partial charge in [-0.3, -0.25) is 0 Å². The molecule has 3 aromatic rings. The molecule has 3 rings (SSSR count). The van der Waals surface area contributed by atoms with Gasteiger partial charge in [0.05, 0.1) is 11.1 Å². The molecule has 0 radical (unpaired) electrons. The summed E-state index contributed by atoms with van der Waals surface area (Å²) in [5.41, 5.74) is 0.185. The van der Waals surface area contributed by atoms with Crippen LogP contribution in [-0.4, -0.2) is 19.6 Å². The third-order valence-electron chi connectivity index (χ3n) is 3.64. The Bertz CT molecular complexity index is 996. The second kappa shape index (κ2) is 7.39. The van der Waals surface area contributed by atoms with Gasteiger partial charge in [-0.25, -0.2) is 13.2 Å². The Labute approximate surface area is 165 Å². The molecule has 5 nitrogen and oxygen atoms in total. The number of anilines is 1. The summed E-state index contributed by atoms with van der Waals surface area (Å²) in [5.74, 6) is -2.82. The van der Waals surface area contributed by atoms with Crippen LogP contribution in [0.15, 0.2) is 28.2 Å². The van der Waals surface area contributed by atoms with E-state index >= 15 is 0 Å². The number of benzene rings is 1. The Morgan fingerprint density at radius 2 is 1.88 bits per heavy atom. The molecule has 2 heterocycles. The number of aromatic nitrogens is 4. The standard InChI is InChI=1S/C16H12ClF3IN5/c1-7(2)11(5-21)24-15-13(12-9(19)3-8(18)4-10(12)20)14(17)25-16-22-6-23-26(15)16/h3-7,24H,1-2H3/b11-5-. The molecule has 136 valence electrons. The van der Waals surface area contributed by atoms with E-state index in [0.717, 1.165) is 5.70 Å².